The van der Waals surface area contributed by atoms with Gasteiger partial charge in [0.25, 0.3) is 0 Å². The van der Waals surface area contributed by atoms with Gasteiger partial charge in [-0.25, -0.2) is 0 Å². The highest BCUT2D eigenvalue weighted by molar-refractivity contribution is 6.30. The third-order valence-electron chi connectivity index (χ3n) is 5.77. The zero-order chi connectivity index (χ0) is 15.3. The fourth-order valence-corrected chi connectivity index (χ4v) is 4.60. The van der Waals surface area contributed by atoms with Crippen LogP contribution in [-0.4, -0.2) is 28.5 Å². The van der Waals surface area contributed by atoms with E-state index in [0.717, 1.165) is 50.6 Å². The van der Waals surface area contributed by atoms with E-state index in [1.807, 2.05) is 24.3 Å². The molecular formula is C18H22ClNO2. The van der Waals surface area contributed by atoms with Crippen LogP contribution in [0, 0.1) is 11.8 Å². The van der Waals surface area contributed by atoms with Crippen LogP contribution >= 0.6 is 11.6 Å². The van der Waals surface area contributed by atoms with Gasteiger partial charge in [-0.2, -0.15) is 0 Å². The molecule has 1 heterocycles. The maximum atomic E-state index is 12.5. The molecule has 1 saturated heterocycles. The number of aliphatic hydroxyl groups is 1. The summed E-state index contributed by atoms with van der Waals surface area (Å²) in [6.07, 6.45) is 5.78. The largest absolute Gasteiger partial charge is 0.385 e. The lowest BCUT2D eigenvalue weighted by atomic mass is 9.69. The Bertz CT molecular complexity index is 583. The fraction of sp³-hybridized carbons (Fsp3) is 0.611. The third kappa shape index (κ3) is 2.26. The third-order valence-corrected chi connectivity index (χ3v) is 6.02. The zero-order valence-electron chi connectivity index (χ0n) is 12.7. The number of carbonyl (C=O) groups is 1. The summed E-state index contributed by atoms with van der Waals surface area (Å²) in [5.41, 5.74) is 0.138. The second-order valence-electron chi connectivity index (χ2n) is 7.09. The maximum absolute atomic E-state index is 12.5. The van der Waals surface area contributed by atoms with Gasteiger partial charge in [-0.3, -0.25) is 4.79 Å². The zero-order valence-corrected chi connectivity index (χ0v) is 13.4. The summed E-state index contributed by atoms with van der Waals surface area (Å²) in [4.78, 5) is 14.6. The molecule has 1 aromatic rings. The van der Waals surface area contributed by atoms with Crippen molar-refractivity contribution < 1.29 is 9.90 Å². The molecule has 22 heavy (non-hydrogen) atoms. The van der Waals surface area contributed by atoms with E-state index >= 15 is 0 Å². The summed E-state index contributed by atoms with van der Waals surface area (Å²) in [7, 11) is 0. The van der Waals surface area contributed by atoms with Crippen molar-refractivity contribution in [3.63, 3.8) is 0 Å². The van der Waals surface area contributed by atoms with Crippen LogP contribution < -0.4 is 0 Å². The number of likely N-dealkylation sites (tertiary alicyclic amines) is 1. The Kier molecular flexibility index (Phi) is 3.46. The molecule has 3 unspecified atom stereocenters. The molecular weight excluding hydrogens is 298 g/mol. The Morgan fingerprint density at radius 2 is 1.91 bits per heavy atom. The molecule has 0 aromatic heterocycles. The molecule has 0 bridgehead atoms. The molecule has 118 valence electrons. The van der Waals surface area contributed by atoms with Crippen LogP contribution in [0.3, 0.4) is 0 Å². The number of nitrogens with zero attached hydrogens (tertiary/aromatic N) is 1. The Morgan fingerprint density at radius 3 is 2.59 bits per heavy atom. The maximum Gasteiger partial charge on any atom is 0.225 e. The Labute approximate surface area is 136 Å². The molecule has 3 atom stereocenters. The van der Waals surface area contributed by atoms with Crippen LogP contribution in [0.5, 0.6) is 0 Å². The Morgan fingerprint density at radius 1 is 1.18 bits per heavy atom. The first-order chi connectivity index (χ1) is 10.6. The molecule has 1 aliphatic heterocycles. The number of hydrogen-bond donors (Lipinski definition) is 1. The molecule has 3 fully saturated rings. The first-order valence-corrected chi connectivity index (χ1v) is 8.76. The number of carbonyl (C=O) groups excluding carboxylic acids is 1. The minimum Gasteiger partial charge on any atom is -0.385 e. The van der Waals surface area contributed by atoms with Crippen LogP contribution in [0.15, 0.2) is 24.3 Å². The van der Waals surface area contributed by atoms with Gasteiger partial charge >= 0.3 is 0 Å². The predicted octanol–water partition coefficient (Wildman–Crippen LogP) is 3.34. The van der Waals surface area contributed by atoms with Crippen LogP contribution in [0.1, 0.15) is 44.1 Å². The summed E-state index contributed by atoms with van der Waals surface area (Å²) in [6, 6.07) is 7.79. The van der Waals surface area contributed by atoms with E-state index in [1.165, 1.54) is 0 Å². The topological polar surface area (TPSA) is 40.5 Å². The number of fused-ring (bicyclic) bond motifs is 1. The van der Waals surface area contributed by atoms with E-state index < -0.39 is 5.60 Å². The van der Waals surface area contributed by atoms with Crippen molar-refractivity contribution >= 4 is 17.5 Å². The first-order valence-electron chi connectivity index (χ1n) is 8.38. The number of halogens is 1. The van der Waals surface area contributed by atoms with Gasteiger partial charge in [0.2, 0.25) is 5.91 Å². The number of amides is 1. The monoisotopic (exact) mass is 319 g/mol. The lowest BCUT2D eigenvalue weighted by Crippen LogP contribution is -2.48. The SMILES string of the molecule is O=C(C1CC1)N1CCC2C1CCCC2(O)c1ccc(Cl)cc1. The van der Waals surface area contributed by atoms with Gasteiger partial charge in [0.05, 0.1) is 5.60 Å². The lowest BCUT2D eigenvalue weighted by molar-refractivity contribution is -0.137. The van der Waals surface area contributed by atoms with Gasteiger partial charge in [0, 0.05) is 29.4 Å². The molecule has 2 saturated carbocycles. The molecule has 0 spiro atoms. The van der Waals surface area contributed by atoms with E-state index in [1.54, 1.807) is 0 Å². The average molecular weight is 320 g/mol. The second kappa shape index (κ2) is 5.24. The number of hydrogen-bond acceptors (Lipinski definition) is 2. The van der Waals surface area contributed by atoms with Crippen molar-refractivity contribution in [2.45, 2.75) is 50.2 Å². The molecule has 0 radical (unpaired) electrons. The van der Waals surface area contributed by atoms with Gasteiger partial charge in [0.15, 0.2) is 0 Å². The van der Waals surface area contributed by atoms with E-state index in [0.29, 0.717) is 10.9 Å². The van der Waals surface area contributed by atoms with Crippen molar-refractivity contribution in [3.05, 3.63) is 34.9 Å². The first kappa shape index (κ1) is 14.5. The van der Waals surface area contributed by atoms with Crippen LogP contribution in [0.25, 0.3) is 0 Å². The summed E-state index contributed by atoms with van der Waals surface area (Å²) >= 11 is 5.98. The minimum absolute atomic E-state index is 0.158. The second-order valence-corrected chi connectivity index (χ2v) is 7.53. The van der Waals surface area contributed by atoms with Gasteiger partial charge in [-0.05, 0) is 56.2 Å². The molecule has 1 N–H and O–H groups in total. The average Bonchev–Trinajstić information content (AvgIpc) is 3.27. The smallest absolute Gasteiger partial charge is 0.225 e. The highest BCUT2D eigenvalue weighted by Gasteiger charge is 2.52. The number of rotatable bonds is 2. The van der Waals surface area contributed by atoms with Gasteiger partial charge < -0.3 is 10.0 Å². The molecule has 4 rings (SSSR count). The molecule has 1 amide bonds. The van der Waals surface area contributed by atoms with Crippen molar-refractivity contribution in [1.82, 2.24) is 4.90 Å². The molecule has 2 aliphatic carbocycles. The van der Waals surface area contributed by atoms with E-state index in [-0.39, 0.29) is 17.9 Å². The fourth-order valence-electron chi connectivity index (χ4n) is 4.47. The molecule has 1 aromatic carbocycles. The minimum atomic E-state index is -0.813. The van der Waals surface area contributed by atoms with Crippen molar-refractivity contribution in [3.8, 4) is 0 Å². The molecule has 3 nitrogen and oxygen atoms in total. The normalized spacial score (nSPS) is 34.5. The molecule has 4 heteroatoms. The van der Waals surface area contributed by atoms with E-state index in [2.05, 4.69) is 4.90 Å². The molecule has 3 aliphatic rings. The summed E-state index contributed by atoms with van der Waals surface area (Å²) in [6.45, 7) is 0.806. The van der Waals surface area contributed by atoms with E-state index in [9.17, 15) is 9.90 Å². The lowest BCUT2D eigenvalue weighted by Gasteiger charge is -2.43. The highest BCUT2D eigenvalue weighted by atomic mass is 35.5. The van der Waals surface area contributed by atoms with Crippen LogP contribution in [0.2, 0.25) is 5.02 Å². The van der Waals surface area contributed by atoms with Crippen molar-refractivity contribution in [2.75, 3.05) is 6.54 Å². The van der Waals surface area contributed by atoms with Crippen LogP contribution in [-0.2, 0) is 10.4 Å². The van der Waals surface area contributed by atoms with Gasteiger partial charge in [-0.15, -0.1) is 0 Å². The quantitative estimate of drug-likeness (QED) is 0.908. The van der Waals surface area contributed by atoms with Gasteiger partial charge in [-0.1, -0.05) is 23.7 Å². The summed E-state index contributed by atoms with van der Waals surface area (Å²) < 4.78 is 0. The van der Waals surface area contributed by atoms with Crippen molar-refractivity contribution in [2.24, 2.45) is 11.8 Å². The highest BCUT2D eigenvalue weighted by Crippen LogP contribution is 2.49. The number of benzene rings is 1. The van der Waals surface area contributed by atoms with Crippen LogP contribution in [0.4, 0.5) is 0 Å². The predicted molar refractivity (Wildman–Crippen MR) is 85.5 cm³/mol. The van der Waals surface area contributed by atoms with E-state index in [4.69, 9.17) is 11.6 Å². The van der Waals surface area contributed by atoms with Gasteiger partial charge in [0.1, 0.15) is 0 Å². The Balaban J connectivity index is 1.62. The van der Waals surface area contributed by atoms with Crippen molar-refractivity contribution in [1.29, 1.82) is 0 Å². The Hall–Kier alpha value is -1.06. The standard InChI is InChI=1S/C18H22ClNO2/c19-14-7-5-13(6-8-14)18(22)10-1-2-16-15(18)9-11-20(16)17(21)12-3-4-12/h5-8,12,15-16,22H,1-4,9-11H2. The summed E-state index contributed by atoms with van der Waals surface area (Å²) in [5.74, 6) is 0.752. The summed E-state index contributed by atoms with van der Waals surface area (Å²) in [5, 5.41) is 12.1.